The number of aromatic nitrogens is 1. The molecule has 0 unspecified atom stereocenters. The Bertz CT molecular complexity index is 851. The zero-order chi connectivity index (χ0) is 20.0. The molecule has 1 heterocycles. The fourth-order valence-electron chi connectivity index (χ4n) is 2.72. The molecular formula is C20H26N4O3. The Kier molecular flexibility index (Phi) is 6.76. The molecule has 0 radical (unpaired) electrons. The molecule has 0 spiro atoms. The molecule has 7 nitrogen and oxygen atoms in total. The van der Waals surface area contributed by atoms with Gasteiger partial charge in [0.15, 0.2) is 0 Å². The molecule has 0 aliphatic rings. The number of hydrazone groups is 1. The van der Waals surface area contributed by atoms with Crippen LogP contribution in [0.5, 0.6) is 0 Å². The number of amides is 1. The largest absolute Gasteiger partial charge is 0.462 e. The minimum Gasteiger partial charge on any atom is -0.462 e. The molecule has 0 bridgehead atoms. The Balaban J connectivity index is 2.00. The standard InChI is InChI=1S/C20H26N4O3/c1-6-27-20(26)18-13(3)19(22-14(18)4)15(5)23-24-17(25)11-21-16-9-7-12(2)8-10-16/h7-10,21-22H,6,11H2,1-5H3,(H,24,25)/b23-15+. The smallest absolute Gasteiger partial charge is 0.340 e. The van der Waals surface area contributed by atoms with E-state index < -0.39 is 0 Å². The van der Waals surface area contributed by atoms with E-state index in [2.05, 4.69) is 20.8 Å². The van der Waals surface area contributed by atoms with Gasteiger partial charge in [-0.3, -0.25) is 4.79 Å². The van der Waals surface area contributed by atoms with Crippen molar-refractivity contribution in [2.75, 3.05) is 18.5 Å². The number of hydrogen-bond donors (Lipinski definition) is 3. The molecule has 1 aromatic heterocycles. The topological polar surface area (TPSA) is 95.6 Å². The van der Waals surface area contributed by atoms with Gasteiger partial charge in [-0.1, -0.05) is 17.7 Å². The van der Waals surface area contributed by atoms with Gasteiger partial charge in [-0.05, 0) is 52.3 Å². The van der Waals surface area contributed by atoms with E-state index in [1.807, 2.05) is 38.1 Å². The highest BCUT2D eigenvalue weighted by Crippen LogP contribution is 2.19. The maximum absolute atomic E-state index is 12.1. The highest BCUT2D eigenvalue weighted by atomic mass is 16.5. The second kappa shape index (κ2) is 9.02. The van der Waals surface area contributed by atoms with Crippen molar-refractivity contribution in [2.24, 2.45) is 5.10 Å². The summed E-state index contributed by atoms with van der Waals surface area (Å²) in [6.45, 7) is 9.59. The highest BCUT2D eigenvalue weighted by molar-refractivity contribution is 6.03. The van der Waals surface area contributed by atoms with Crippen LogP contribution >= 0.6 is 0 Å². The number of aromatic amines is 1. The lowest BCUT2D eigenvalue weighted by Crippen LogP contribution is -2.26. The maximum atomic E-state index is 12.1. The summed E-state index contributed by atoms with van der Waals surface area (Å²) >= 11 is 0. The van der Waals surface area contributed by atoms with Crippen molar-refractivity contribution in [3.63, 3.8) is 0 Å². The first-order chi connectivity index (χ1) is 12.8. The molecule has 144 valence electrons. The Hall–Kier alpha value is -3.09. The molecule has 0 aliphatic carbocycles. The van der Waals surface area contributed by atoms with Crippen molar-refractivity contribution in [2.45, 2.75) is 34.6 Å². The van der Waals surface area contributed by atoms with Crippen LogP contribution in [0.3, 0.4) is 0 Å². The van der Waals surface area contributed by atoms with Gasteiger partial charge in [0, 0.05) is 11.4 Å². The zero-order valence-electron chi connectivity index (χ0n) is 16.4. The van der Waals surface area contributed by atoms with Gasteiger partial charge in [0.25, 0.3) is 5.91 Å². The number of ether oxygens (including phenoxy) is 1. The molecule has 0 atom stereocenters. The van der Waals surface area contributed by atoms with Crippen molar-refractivity contribution in [3.8, 4) is 0 Å². The van der Waals surface area contributed by atoms with Gasteiger partial charge in [0.05, 0.1) is 30.1 Å². The first-order valence-electron chi connectivity index (χ1n) is 8.83. The van der Waals surface area contributed by atoms with Crippen LogP contribution in [0.2, 0.25) is 0 Å². The summed E-state index contributed by atoms with van der Waals surface area (Å²) in [6.07, 6.45) is 0. The first kappa shape index (κ1) is 20.2. The van der Waals surface area contributed by atoms with E-state index in [-0.39, 0.29) is 18.4 Å². The van der Waals surface area contributed by atoms with Crippen molar-refractivity contribution < 1.29 is 14.3 Å². The van der Waals surface area contributed by atoms with E-state index in [1.165, 1.54) is 0 Å². The summed E-state index contributed by atoms with van der Waals surface area (Å²) in [5, 5.41) is 7.17. The summed E-state index contributed by atoms with van der Waals surface area (Å²) in [5.41, 5.74) is 7.79. The molecular weight excluding hydrogens is 344 g/mol. The third-order valence-electron chi connectivity index (χ3n) is 4.13. The summed E-state index contributed by atoms with van der Waals surface area (Å²) in [4.78, 5) is 27.2. The number of carbonyl (C=O) groups excluding carboxylic acids is 2. The van der Waals surface area contributed by atoms with Crippen LogP contribution in [-0.4, -0.2) is 35.7 Å². The normalized spacial score (nSPS) is 11.2. The molecule has 0 aliphatic heterocycles. The van der Waals surface area contributed by atoms with Crippen molar-refractivity contribution >= 4 is 23.3 Å². The van der Waals surface area contributed by atoms with Crippen LogP contribution in [0.25, 0.3) is 0 Å². The summed E-state index contributed by atoms with van der Waals surface area (Å²) < 4.78 is 5.09. The summed E-state index contributed by atoms with van der Waals surface area (Å²) in [7, 11) is 0. The molecule has 7 heteroatoms. The SMILES string of the molecule is CCOC(=O)c1c(C)[nH]c(/C(C)=N/NC(=O)CNc2ccc(C)cc2)c1C. The minimum atomic E-state index is -0.367. The number of rotatable bonds is 7. The van der Waals surface area contributed by atoms with Crippen LogP contribution in [0, 0.1) is 20.8 Å². The van der Waals surface area contributed by atoms with E-state index in [0.29, 0.717) is 29.3 Å². The third kappa shape index (κ3) is 5.20. The number of nitrogens with one attached hydrogen (secondary N) is 3. The predicted molar refractivity (Wildman–Crippen MR) is 106 cm³/mol. The quantitative estimate of drug-likeness (QED) is 0.396. The Morgan fingerprint density at radius 3 is 2.44 bits per heavy atom. The van der Waals surface area contributed by atoms with Crippen LogP contribution in [0.15, 0.2) is 29.4 Å². The Morgan fingerprint density at radius 1 is 1.15 bits per heavy atom. The number of anilines is 1. The highest BCUT2D eigenvalue weighted by Gasteiger charge is 2.20. The first-order valence-corrected chi connectivity index (χ1v) is 8.83. The number of aryl methyl sites for hydroxylation is 2. The van der Waals surface area contributed by atoms with Crippen molar-refractivity contribution in [3.05, 3.63) is 52.3 Å². The molecule has 2 rings (SSSR count). The molecule has 0 fully saturated rings. The van der Waals surface area contributed by atoms with Crippen molar-refractivity contribution in [1.29, 1.82) is 0 Å². The minimum absolute atomic E-state index is 0.108. The average Bonchev–Trinajstić information content (AvgIpc) is 2.93. The van der Waals surface area contributed by atoms with Gasteiger partial charge < -0.3 is 15.0 Å². The molecule has 27 heavy (non-hydrogen) atoms. The molecule has 3 N–H and O–H groups in total. The Labute approximate surface area is 159 Å². The van der Waals surface area contributed by atoms with Gasteiger partial charge >= 0.3 is 5.97 Å². The average molecular weight is 370 g/mol. The molecule has 0 saturated carbocycles. The lowest BCUT2D eigenvalue weighted by atomic mass is 10.1. The zero-order valence-corrected chi connectivity index (χ0v) is 16.4. The van der Waals surface area contributed by atoms with Crippen LogP contribution in [-0.2, 0) is 9.53 Å². The van der Waals surface area contributed by atoms with E-state index in [0.717, 1.165) is 16.8 Å². The maximum Gasteiger partial charge on any atom is 0.340 e. The summed E-state index contributed by atoms with van der Waals surface area (Å²) in [5.74, 6) is -0.629. The van der Waals surface area contributed by atoms with Gasteiger partial charge in [-0.15, -0.1) is 0 Å². The lowest BCUT2D eigenvalue weighted by Gasteiger charge is -2.06. The fraction of sp³-hybridized carbons (Fsp3) is 0.350. The van der Waals surface area contributed by atoms with Gasteiger partial charge in [-0.2, -0.15) is 5.10 Å². The Morgan fingerprint density at radius 2 is 1.81 bits per heavy atom. The van der Waals surface area contributed by atoms with Crippen LogP contribution < -0.4 is 10.7 Å². The van der Waals surface area contributed by atoms with Crippen LogP contribution in [0.4, 0.5) is 5.69 Å². The molecule has 0 saturated heterocycles. The monoisotopic (exact) mass is 370 g/mol. The number of benzene rings is 1. The molecule has 2 aromatic rings. The predicted octanol–water partition coefficient (Wildman–Crippen LogP) is 3.07. The van der Waals surface area contributed by atoms with E-state index >= 15 is 0 Å². The number of esters is 1. The third-order valence-corrected chi connectivity index (χ3v) is 4.13. The summed E-state index contributed by atoms with van der Waals surface area (Å²) in [6, 6.07) is 7.78. The number of carbonyl (C=O) groups is 2. The van der Waals surface area contributed by atoms with Gasteiger partial charge in [-0.25, -0.2) is 10.2 Å². The van der Waals surface area contributed by atoms with Crippen LogP contribution in [0.1, 0.15) is 46.7 Å². The van der Waals surface area contributed by atoms with E-state index in [4.69, 9.17) is 4.74 Å². The number of nitrogens with zero attached hydrogens (tertiary/aromatic N) is 1. The second-order valence-electron chi connectivity index (χ2n) is 6.30. The van der Waals surface area contributed by atoms with Crippen molar-refractivity contribution in [1.82, 2.24) is 10.4 Å². The fourth-order valence-corrected chi connectivity index (χ4v) is 2.72. The van der Waals surface area contributed by atoms with E-state index in [1.54, 1.807) is 20.8 Å². The lowest BCUT2D eigenvalue weighted by molar-refractivity contribution is -0.119. The second-order valence-corrected chi connectivity index (χ2v) is 6.30. The molecule has 1 amide bonds. The van der Waals surface area contributed by atoms with Gasteiger partial charge in [0.2, 0.25) is 0 Å². The van der Waals surface area contributed by atoms with Gasteiger partial charge in [0.1, 0.15) is 0 Å². The molecule has 1 aromatic carbocycles. The number of hydrogen-bond acceptors (Lipinski definition) is 5. The van der Waals surface area contributed by atoms with E-state index in [9.17, 15) is 9.59 Å². The number of H-pyrrole nitrogens is 1.